The van der Waals surface area contributed by atoms with E-state index in [9.17, 15) is 9.59 Å². The molecule has 0 bridgehead atoms. The Morgan fingerprint density at radius 1 is 1.30 bits per heavy atom. The van der Waals surface area contributed by atoms with Gasteiger partial charge in [0, 0.05) is 12.6 Å². The van der Waals surface area contributed by atoms with E-state index in [0.29, 0.717) is 29.8 Å². The first kappa shape index (κ1) is 23.3. The molecule has 1 atom stereocenters. The topological polar surface area (TPSA) is 71.1 Å². The van der Waals surface area contributed by atoms with Crippen LogP contribution in [-0.4, -0.2) is 56.0 Å². The largest absolute Gasteiger partial charge is 0.496 e. The predicted octanol–water partition coefficient (Wildman–Crippen LogP) is 3.82. The summed E-state index contributed by atoms with van der Waals surface area (Å²) in [6.07, 6.45) is 3.90. The zero-order valence-electron chi connectivity index (χ0n) is 18.8. The van der Waals surface area contributed by atoms with Crippen molar-refractivity contribution in [1.82, 2.24) is 10.2 Å². The molecule has 8 heteroatoms. The number of halogens is 1. The lowest BCUT2D eigenvalue weighted by Gasteiger charge is -2.30. The Hall–Kier alpha value is -2.84. The number of nitrogens with zero attached hydrogens (tertiary/aromatic N) is 2. The monoisotopic (exact) mass is 513 g/mol. The average Bonchev–Trinajstić information content (AvgIpc) is 3.28. The molecule has 0 saturated carbocycles. The summed E-state index contributed by atoms with van der Waals surface area (Å²) in [5.41, 5.74) is 1.36. The highest BCUT2D eigenvalue weighted by Crippen LogP contribution is 2.36. The van der Waals surface area contributed by atoms with Crippen LogP contribution in [0.25, 0.3) is 6.08 Å². The number of methoxy groups -OCH3 is 1. The van der Waals surface area contributed by atoms with Crippen LogP contribution in [0.1, 0.15) is 25.3 Å². The molecule has 0 aromatic heterocycles. The number of carbonyl (C=O) groups is 2. The van der Waals surface area contributed by atoms with Gasteiger partial charge in [0.05, 0.1) is 17.3 Å². The Bertz CT molecular complexity index is 1070. The van der Waals surface area contributed by atoms with E-state index in [1.54, 1.807) is 25.3 Å². The number of likely N-dealkylation sites (N-methyl/N-ethyl adjacent to an activating group) is 1. The van der Waals surface area contributed by atoms with E-state index in [4.69, 9.17) is 9.47 Å². The quantitative estimate of drug-likeness (QED) is 0.569. The van der Waals surface area contributed by atoms with Gasteiger partial charge in [0.15, 0.2) is 11.5 Å². The third-order valence-electron chi connectivity index (χ3n) is 6.05. The van der Waals surface area contributed by atoms with Crippen LogP contribution in [0.2, 0.25) is 0 Å². The number of fused-ring (bicyclic) bond motifs is 1. The summed E-state index contributed by atoms with van der Waals surface area (Å²) in [7, 11) is 1.60. The Balaban J connectivity index is 1.52. The summed E-state index contributed by atoms with van der Waals surface area (Å²) in [6.45, 7) is 4.71. The Labute approximate surface area is 202 Å². The number of anilines is 1. The second-order valence-corrected chi connectivity index (χ2v) is 8.95. The zero-order valence-corrected chi connectivity index (χ0v) is 20.4. The number of carbonyl (C=O) groups excluding carboxylic acids is 2. The summed E-state index contributed by atoms with van der Waals surface area (Å²) in [6, 6.07) is 13.1. The first-order chi connectivity index (χ1) is 16.0. The number of likely N-dealkylation sites (tertiary alicyclic amines) is 1. The van der Waals surface area contributed by atoms with Crippen LogP contribution in [0.5, 0.6) is 11.5 Å². The van der Waals surface area contributed by atoms with Crippen LogP contribution in [-0.2, 0) is 9.59 Å². The summed E-state index contributed by atoms with van der Waals surface area (Å²) in [4.78, 5) is 30.0. The van der Waals surface area contributed by atoms with Crippen molar-refractivity contribution >= 4 is 39.5 Å². The predicted molar refractivity (Wildman–Crippen MR) is 131 cm³/mol. The van der Waals surface area contributed by atoms with Gasteiger partial charge in [-0.05, 0) is 77.8 Å². The van der Waals surface area contributed by atoms with E-state index in [2.05, 4.69) is 33.1 Å². The van der Waals surface area contributed by atoms with Gasteiger partial charge in [0.2, 0.25) is 5.91 Å². The number of ether oxygens (including phenoxy) is 2. The van der Waals surface area contributed by atoms with Crippen molar-refractivity contribution in [3.8, 4) is 11.5 Å². The maximum Gasteiger partial charge on any atom is 0.294 e. The fourth-order valence-corrected chi connectivity index (χ4v) is 4.88. The van der Waals surface area contributed by atoms with Gasteiger partial charge >= 0.3 is 0 Å². The van der Waals surface area contributed by atoms with Gasteiger partial charge in [0.25, 0.3) is 5.91 Å². The van der Waals surface area contributed by atoms with Crippen molar-refractivity contribution < 1.29 is 19.1 Å². The molecule has 2 aliphatic rings. The van der Waals surface area contributed by atoms with Crippen molar-refractivity contribution in [2.45, 2.75) is 25.8 Å². The van der Waals surface area contributed by atoms with E-state index in [-0.39, 0.29) is 24.1 Å². The molecular weight excluding hydrogens is 486 g/mol. The summed E-state index contributed by atoms with van der Waals surface area (Å²) >= 11 is 3.47. The van der Waals surface area contributed by atoms with E-state index in [0.717, 1.165) is 36.0 Å². The molecule has 0 unspecified atom stereocenters. The minimum absolute atomic E-state index is 0.0678. The van der Waals surface area contributed by atoms with Crippen LogP contribution in [0.15, 0.2) is 52.7 Å². The Morgan fingerprint density at radius 3 is 2.88 bits per heavy atom. The van der Waals surface area contributed by atoms with Gasteiger partial charge in [-0.1, -0.05) is 25.1 Å². The van der Waals surface area contributed by atoms with Crippen molar-refractivity contribution in [3.63, 3.8) is 0 Å². The van der Waals surface area contributed by atoms with Crippen molar-refractivity contribution in [2.24, 2.45) is 0 Å². The number of hydrogen-bond acceptors (Lipinski definition) is 5. The van der Waals surface area contributed by atoms with E-state index < -0.39 is 0 Å². The van der Waals surface area contributed by atoms with E-state index >= 15 is 0 Å². The number of amides is 2. The second kappa shape index (κ2) is 10.4. The average molecular weight is 514 g/mol. The number of nitrogens with one attached hydrogen (secondary N) is 1. The highest BCUT2D eigenvalue weighted by Gasteiger charge is 2.32. The lowest BCUT2D eigenvalue weighted by atomic mass is 10.1. The van der Waals surface area contributed by atoms with Gasteiger partial charge in [-0.3, -0.25) is 19.4 Å². The molecule has 1 N–H and O–H groups in total. The molecule has 2 aliphatic heterocycles. The van der Waals surface area contributed by atoms with Gasteiger partial charge < -0.3 is 14.8 Å². The van der Waals surface area contributed by atoms with Crippen LogP contribution in [0, 0.1) is 0 Å². The number of benzene rings is 2. The third kappa shape index (κ3) is 5.23. The Morgan fingerprint density at radius 2 is 2.12 bits per heavy atom. The molecule has 2 aromatic carbocycles. The first-order valence-electron chi connectivity index (χ1n) is 11.1. The molecule has 33 heavy (non-hydrogen) atoms. The highest BCUT2D eigenvalue weighted by atomic mass is 79.9. The lowest BCUT2D eigenvalue weighted by Crippen LogP contribution is -2.47. The van der Waals surface area contributed by atoms with E-state index in [1.807, 2.05) is 30.3 Å². The van der Waals surface area contributed by atoms with E-state index in [1.165, 1.54) is 4.90 Å². The molecule has 4 rings (SSSR count). The number of hydrogen-bond donors (Lipinski definition) is 1. The molecular formula is C25H28BrN3O4. The number of para-hydroxylation sites is 2. The molecule has 0 spiro atoms. The standard InChI is InChI=1S/C25H28BrN3O4/c1-3-28-12-6-7-18(28)15-27-24(30)16-29-20-8-4-5-9-22(20)33-23(25(29)31)14-17-10-11-21(32-2)19(26)13-17/h4-5,8-11,13-14,18H,3,6-7,12,15-16H2,1-2H3,(H,27,30)/b23-14+/t18-/m1/s1. The van der Waals surface area contributed by atoms with Crippen LogP contribution in [0.4, 0.5) is 5.69 Å². The summed E-state index contributed by atoms with van der Waals surface area (Å²) in [5.74, 6) is 0.852. The molecule has 1 saturated heterocycles. The van der Waals surface area contributed by atoms with Gasteiger partial charge in [-0.2, -0.15) is 0 Å². The SMILES string of the molecule is CCN1CCC[C@@H]1CNC(=O)CN1C(=O)/C(=C\c2ccc(OC)c(Br)c2)Oc2ccccc21. The third-order valence-corrected chi connectivity index (χ3v) is 6.67. The lowest BCUT2D eigenvalue weighted by molar-refractivity contribution is -0.123. The van der Waals surface area contributed by atoms with Crippen molar-refractivity contribution in [1.29, 1.82) is 0 Å². The van der Waals surface area contributed by atoms with Crippen LogP contribution < -0.4 is 19.7 Å². The molecule has 2 aromatic rings. The molecule has 2 amide bonds. The normalized spacial score (nSPS) is 19.4. The highest BCUT2D eigenvalue weighted by molar-refractivity contribution is 9.10. The molecule has 174 valence electrons. The molecule has 0 radical (unpaired) electrons. The first-order valence-corrected chi connectivity index (χ1v) is 11.9. The van der Waals surface area contributed by atoms with Gasteiger partial charge in [-0.15, -0.1) is 0 Å². The molecule has 0 aliphatic carbocycles. The maximum absolute atomic E-state index is 13.3. The fraction of sp³-hybridized carbons (Fsp3) is 0.360. The molecule has 7 nitrogen and oxygen atoms in total. The van der Waals surface area contributed by atoms with Crippen molar-refractivity contribution in [2.75, 3.05) is 38.2 Å². The summed E-state index contributed by atoms with van der Waals surface area (Å²) in [5, 5.41) is 3.02. The number of rotatable bonds is 7. The van der Waals surface area contributed by atoms with Crippen LogP contribution in [0.3, 0.4) is 0 Å². The minimum atomic E-state index is -0.355. The van der Waals surface area contributed by atoms with Gasteiger partial charge in [-0.25, -0.2) is 0 Å². The fourth-order valence-electron chi connectivity index (χ4n) is 4.32. The summed E-state index contributed by atoms with van der Waals surface area (Å²) < 4.78 is 12.0. The van der Waals surface area contributed by atoms with Crippen LogP contribution >= 0.6 is 15.9 Å². The minimum Gasteiger partial charge on any atom is -0.496 e. The molecule has 1 fully saturated rings. The second-order valence-electron chi connectivity index (χ2n) is 8.09. The van der Waals surface area contributed by atoms with Crippen molar-refractivity contribution in [3.05, 3.63) is 58.3 Å². The van der Waals surface area contributed by atoms with Gasteiger partial charge in [0.1, 0.15) is 12.3 Å². The maximum atomic E-state index is 13.3. The Kier molecular flexibility index (Phi) is 7.35. The molecule has 2 heterocycles. The zero-order chi connectivity index (χ0) is 23.4. The smallest absolute Gasteiger partial charge is 0.294 e.